The van der Waals surface area contributed by atoms with Gasteiger partial charge < -0.3 is 19.7 Å². The van der Waals surface area contributed by atoms with E-state index in [4.69, 9.17) is 21.1 Å². The first-order chi connectivity index (χ1) is 13.0. The zero-order chi connectivity index (χ0) is 18.9. The molecule has 0 aliphatic carbocycles. The van der Waals surface area contributed by atoms with Crippen LogP contribution in [0.2, 0.25) is 5.02 Å². The van der Waals surface area contributed by atoms with E-state index in [-0.39, 0.29) is 5.91 Å². The molecule has 7 nitrogen and oxygen atoms in total. The molecule has 142 valence electrons. The molecule has 0 atom stereocenters. The van der Waals surface area contributed by atoms with E-state index in [0.29, 0.717) is 55.7 Å². The molecule has 27 heavy (non-hydrogen) atoms. The Bertz CT molecular complexity index is 827. The first kappa shape index (κ1) is 18.2. The molecule has 2 aliphatic heterocycles. The number of benzene rings is 1. The monoisotopic (exact) mass is 388 g/mol. The van der Waals surface area contributed by atoms with Crippen LogP contribution in [0.25, 0.3) is 0 Å². The lowest BCUT2D eigenvalue weighted by molar-refractivity contribution is -0.181. The van der Waals surface area contributed by atoms with E-state index in [2.05, 4.69) is 15.5 Å². The van der Waals surface area contributed by atoms with Gasteiger partial charge in [0.05, 0.1) is 13.2 Å². The van der Waals surface area contributed by atoms with Gasteiger partial charge >= 0.3 is 0 Å². The summed E-state index contributed by atoms with van der Waals surface area (Å²) in [7, 11) is 0. The Morgan fingerprint density at radius 2 is 1.89 bits per heavy atom. The number of hydrogen-bond donors (Lipinski definition) is 1. The van der Waals surface area contributed by atoms with Gasteiger partial charge in [-0.25, -0.2) is 0 Å². The molecule has 2 aromatic rings. The topological polar surface area (TPSA) is 76.6 Å². The fourth-order valence-corrected chi connectivity index (χ4v) is 3.64. The zero-order valence-electron chi connectivity index (χ0n) is 15.1. The van der Waals surface area contributed by atoms with Crippen LogP contribution in [0, 0.1) is 6.92 Å². The van der Waals surface area contributed by atoms with E-state index in [0.717, 1.165) is 11.3 Å². The lowest BCUT2D eigenvalue weighted by Crippen LogP contribution is -2.47. The molecule has 4 rings (SSSR count). The second kappa shape index (κ2) is 7.42. The van der Waals surface area contributed by atoms with Crippen molar-refractivity contribution in [2.45, 2.75) is 25.6 Å². The number of carbonyl (C=O) groups excluding carboxylic acids is 1. The van der Waals surface area contributed by atoms with Crippen LogP contribution in [-0.4, -0.2) is 53.1 Å². The van der Waals surface area contributed by atoms with Crippen LogP contribution in [0.3, 0.4) is 0 Å². The third kappa shape index (κ3) is 3.90. The van der Waals surface area contributed by atoms with Crippen molar-refractivity contribution in [3.63, 3.8) is 0 Å². The summed E-state index contributed by atoms with van der Waals surface area (Å²) < 4.78 is 11.4. The van der Waals surface area contributed by atoms with Crippen molar-refractivity contribution >= 4 is 29.0 Å². The lowest BCUT2D eigenvalue weighted by atomic mass is 10.0. The third-order valence-corrected chi connectivity index (χ3v) is 5.20. The number of nitrogens with zero attached hydrogens (tertiary/aromatic N) is 3. The van der Waals surface area contributed by atoms with Gasteiger partial charge in [0.15, 0.2) is 17.3 Å². The fraction of sp³-hybridized carbons (Fsp3) is 0.421. The van der Waals surface area contributed by atoms with Crippen LogP contribution in [0.4, 0.5) is 11.5 Å². The summed E-state index contributed by atoms with van der Waals surface area (Å²) in [4.78, 5) is 14.4. The lowest BCUT2D eigenvalue weighted by Gasteiger charge is -2.37. The summed E-state index contributed by atoms with van der Waals surface area (Å²) in [6.45, 7) is 4.39. The van der Waals surface area contributed by atoms with Gasteiger partial charge in [0.1, 0.15) is 0 Å². The Hall–Kier alpha value is -2.22. The SMILES string of the molecule is Cc1cc(Cl)ccc1Nc1ccc(C(=O)N2CCC3(CC2)OCCO3)nn1. The predicted octanol–water partition coefficient (Wildman–Crippen LogP) is 3.16. The summed E-state index contributed by atoms with van der Waals surface area (Å²) in [5.74, 6) is -0.0425. The van der Waals surface area contributed by atoms with Gasteiger partial charge in [-0.05, 0) is 42.8 Å². The number of rotatable bonds is 3. The summed E-state index contributed by atoms with van der Waals surface area (Å²) in [5.41, 5.74) is 2.23. The molecule has 8 heteroatoms. The molecule has 0 bridgehead atoms. The van der Waals surface area contributed by atoms with E-state index in [1.54, 1.807) is 17.0 Å². The number of amides is 1. The molecular weight excluding hydrogens is 368 g/mol. The highest BCUT2D eigenvalue weighted by Gasteiger charge is 2.41. The van der Waals surface area contributed by atoms with Crippen LogP contribution in [0.1, 0.15) is 28.9 Å². The Balaban J connectivity index is 1.39. The Morgan fingerprint density at radius 1 is 1.15 bits per heavy atom. The number of nitrogens with one attached hydrogen (secondary N) is 1. The summed E-state index contributed by atoms with van der Waals surface area (Å²) in [6, 6.07) is 9.01. The molecule has 1 amide bonds. The molecule has 2 fully saturated rings. The number of ether oxygens (including phenoxy) is 2. The van der Waals surface area contributed by atoms with Crippen LogP contribution in [-0.2, 0) is 9.47 Å². The molecular formula is C19H21ClN4O3. The van der Waals surface area contributed by atoms with E-state index >= 15 is 0 Å². The first-order valence-corrected chi connectivity index (χ1v) is 9.37. The molecule has 2 saturated heterocycles. The van der Waals surface area contributed by atoms with Crippen molar-refractivity contribution in [2.75, 3.05) is 31.6 Å². The highest BCUT2D eigenvalue weighted by atomic mass is 35.5. The van der Waals surface area contributed by atoms with Gasteiger partial charge in [-0.15, -0.1) is 10.2 Å². The first-order valence-electron chi connectivity index (χ1n) is 8.99. The van der Waals surface area contributed by atoms with Gasteiger partial charge in [0, 0.05) is 36.6 Å². The second-order valence-electron chi connectivity index (χ2n) is 6.79. The van der Waals surface area contributed by atoms with E-state index in [9.17, 15) is 4.79 Å². The minimum atomic E-state index is -0.493. The summed E-state index contributed by atoms with van der Waals surface area (Å²) >= 11 is 5.98. The smallest absolute Gasteiger partial charge is 0.274 e. The number of aromatic nitrogens is 2. The fourth-order valence-electron chi connectivity index (χ4n) is 3.42. The average Bonchev–Trinajstić information content (AvgIpc) is 3.13. The maximum Gasteiger partial charge on any atom is 0.274 e. The molecule has 1 spiro atoms. The van der Waals surface area contributed by atoms with Crippen molar-refractivity contribution in [1.29, 1.82) is 0 Å². The number of aryl methyl sites for hydroxylation is 1. The van der Waals surface area contributed by atoms with Crippen molar-refractivity contribution in [3.8, 4) is 0 Å². The standard InChI is InChI=1S/C19H21ClN4O3/c1-13-12-14(20)2-3-15(13)21-17-5-4-16(22-23-17)18(25)24-8-6-19(7-9-24)26-10-11-27-19/h2-5,12H,6-11H2,1H3,(H,21,23). The number of likely N-dealkylation sites (tertiary alicyclic amines) is 1. The van der Waals surface area contributed by atoms with Crippen LogP contribution in [0.15, 0.2) is 30.3 Å². The van der Waals surface area contributed by atoms with Gasteiger partial charge in [0.25, 0.3) is 5.91 Å². The van der Waals surface area contributed by atoms with Crippen molar-refractivity contribution < 1.29 is 14.3 Å². The minimum Gasteiger partial charge on any atom is -0.347 e. The largest absolute Gasteiger partial charge is 0.347 e. The van der Waals surface area contributed by atoms with Crippen LogP contribution >= 0.6 is 11.6 Å². The Morgan fingerprint density at radius 3 is 2.52 bits per heavy atom. The molecule has 1 aromatic heterocycles. The Kier molecular flexibility index (Phi) is 4.99. The minimum absolute atomic E-state index is 0.121. The van der Waals surface area contributed by atoms with Crippen LogP contribution < -0.4 is 5.32 Å². The van der Waals surface area contributed by atoms with Crippen LogP contribution in [0.5, 0.6) is 0 Å². The quantitative estimate of drug-likeness (QED) is 0.870. The van der Waals surface area contributed by atoms with E-state index in [1.165, 1.54) is 0 Å². The number of anilines is 2. The van der Waals surface area contributed by atoms with E-state index < -0.39 is 5.79 Å². The summed E-state index contributed by atoms with van der Waals surface area (Å²) in [5, 5.41) is 12.1. The number of piperidine rings is 1. The van der Waals surface area contributed by atoms with Gasteiger partial charge in [-0.2, -0.15) is 0 Å². The van der Waals surface area contributed by atoms with Crippen molar-refractivity contribution in [2.24, 2.45) is 0 Å². The normalized spacial score (nSPS) is 18.7. The number of halogens is 1. The number of hydrogen-bond acceptors (Lipinski definition) is 6. The molecule has 0 unspecified atom stereocenters. The maximum absolute atomic E-state index is 12.7. The third-order valence-electron chi connectivity index (χ3n) is 4.96. The van der Waals surface area contributed by atoms with Gasteiger partial charge in [0.2, 0.25) is 0 Å². The van der Waals surface area contributed by atoms with Gasteiger partial charge in [-0.1, -0.05) is 11.6 Å². The molecule has 1 aromatic carbocycles. The molecule has 3 heterocycles. The molecule has 0 radical (unpaired) electrons. The van der Waals surface area contributed by atoms with Crippen molar-refractivity contribution in [3.05, 3.63) is 46.6 Å². The highest BCUT2D eigenvalue weighted by molar-refractivity contribution is 6.30. The molecule has 1 N–H and O–H groups in total. The Labute approximate surface area is 162 Å². The zero-order valence-corrected chi connectivity index (χ0v) is 15.8. The second-order valence-corrected chi connectivity index (χ2v) is 7.22. The van der Waals surface area contributed by atoms with Gasteiger partial charge in [-0.3, -0.25) is 4.79 Å². The van der Waals surface area contributed by atoms with Crippen molar-refractivity contribution in [1.82, 2.24) is 15.1 Å². The highest BCUT2D eigenvalue weighted by Crippen LogP contribution is 2.31. The van der Waals surface area contributed by atoms with E-state index in [1.807, 2.05) is 25.1 Å². The molecule has 2 aliphatic rings. The summed E-state index contributed by atoms with van der Waals surface area (Å²) in [6.07, 6.45) is 1.36. The molecule has 0 saturated carbocycles. The number of carbonyl (C=O) groups is 1. The average molecular weight is 389 g/mol. The predicted molar refractivity (Wildman–Crippen MR) is 101 cm³/mol. The maximum atomic E-state index is 12.7.